The number of H-pyrrole nitrogens is 1. The number of carbonyl (C=O) groups excluding carboxylic acids is 1. The van der Waals surface area contributed by atoms with Crippen LogP contribution in [0.5, 0.6) is 5.75 Å². The van der Waals surface area contributed by atoms with E-state index in [0.717, 1.165) is 5.56 Å². The summed E-state index contributed by atoms with van der Waals surface area (Å²) in [4.78, 5) is 12.1. The molecule has 1 aromatic heterocycles. The van der Waals surface area contributed by atoms with E-state index in [1.165, 1.54) is 12.1 Å². The Morgan fingerprint density at radius 2 is 1.88 bits per heavy atom. The van der Waals surface area contributed by atoms with E-state index >= 15 is 0 Å². The molecule has 0 bridgehead atoms. The average molecular weight is 349 g/mol. The average Bonchev–Trinajstić information content (AvgIpc) is 3.17. The molecule has 130 valence electrons. The number of aromatic nitrogens is 2. The van der Waals surface area contributed by atoms with Crippen molar-refractivity contribution >= 4 is 5.91 Å². The lowest BCUT2D eigenvalue weighted by atomic mass is 10.1. The van der Waals surface area contributed by atoms with Gasteiger partial charge in [0.05, 0.1) is 12.2 Å². The summed E-state index contributed by atoms with van der Waals surface area (Å²) in [5, 5.41) is 9.50. The lowest BCUT2D eigenvalue weighted by Crippen LogP contribution is -2.24. The van der Waals surface area contributed by atoms with Crippen molar-refractivity contribution in [2.75, 3.05) is 13.2 Å². The third-order valence-electron chi connectivity index (χ3n) is 3.49. The van der Waals surface area contributed by atoms with Crippen LogP contribution in [0.3, 0.4) is 0 Å². The molecule has 2 aromatic carbocycles. The zero-order chi connectivity index (χ0) is 18.2. The Morgan fingerprint density at radius 3 is 2.69 bits per heavy atom. The lowest BCUT2D eigenvalue weighted by Gasteiger charge is -2.02. The highest BCUT2D eigenvalue weighted by Gasteiger charge is 2.09. The monoisotopic (exact) mass is 349 g/mol. The van der Waals surface area contributed by atoms with Crippen LogP contribution in [0, 0.1) is 17.7 Å². The molecule has 1 heterocycles. The Kier molecular flexibility index (Phi) is 5.63. The van der Waals surface area contributed by atoms with E-state index in [-0.39, 0.29) is 24.8 Å². The molecule has 5 nitrogen and oxygen atoms in total. The van der Waals surface area contributed by atoms with Gasteiger partial charge < -0.3 is 10.1 Å². The summed E-state index contributed by atoms with van der Waals surface area (Å²) in [5.74, 6) is 4.88. The fraction of sp³-hybridized carbons (Fsp3) is 0.100. The minimum absolute atomic E-state index is 0.0407. The van der Waals surface area contributed by atoms with Crippen molar-refractivity contribution in [1.29, 1.82) is 0 Å². The molecule has 0 saturated heterocycles. The highest BCUT2D eigenvalue weighted by molar-refractivity contribution is 5.93. The van der Waals surface area contributed by atoms with Crippen molar-refractivity contribution in [2.24, 2.45) is 0 Å². The molecule has 1 amide bonds. The molecule has 0 saturated carbocycles. The maximum atomic E-state index is 13.3. The summed E-state index contributed by atoms with van der Waals surface area (Å²) < 4.78 is 18.5. The summed E-state index contributed by atoms with van der Waals surface area (Å²) in [5.41, 5.74) is 1.97. The summed E-state index contributed by atoms with van der Waals surface area (Å²) in [6.07, 6.45) is 0. The number of amides is 1. The van der Waals surface area contributed by atoms with Gasteiger partial charge in [0.15, 0.2) is 11.6 Å². The zero-order valence-corrected chi connectivity index (χ0v) is 13.8. The first kappa shape index (κ1) is 17.2. The van der Waals surface area contributed by atoms with Crippen LogP contribution in [0.2, 0.25) is 0 Å². The number of para-hydroxylation sites is 1. The lowest BCUT2D eigenvalue weighted by molar-refractivity contribution is 0.0953. The smallest absolute Gasteiger partial charge is 0.270 e. The predicted molar refractivity (Wildman–Crippen MR) is 96.0 cm³/mol. The van der Waals surface area contributed by atoms with Crippen LogP contribution in [-0.4, -0.2) is 29.3 Å². The number of rotatable bonds is 5. The first-order valence-corrected chi connectivity index (χ1v) is 7.96. The van der Waals surface area contributed by atoms with Gasteiger partial charge in [-0.15, -0.1) is 0 Å². The van der Waals surface area contributed by atoms with E-state index in [9.17, 15) is 9.18 Å². The van der Waals surface area contributed by atoms with Crippen molar-refractivity contribution in [3.05, 3.63) is 72.2 Å². The van der Waals surface area contributed by atoms with Gasteiger partial charge in [-0.2, -0.15) is 5.10 Å². The highest BCUT2D eigenvalue weighted by Crippen LogP contribution is 2.16. The van der Waals surface area contributed by atoms with Crippen molar-refractivity contribution in [3.63, 3.8) is 0 Å². The van der Waals surface area contributed by atoms with Crippen LogP contribution in [-0.2, 0) is 0 Å². The molecule has 0 aliphatic carbocycles. The van der Waals surface area contributed by atoms with E-state index in [4.69, 9.17) is 4.74 Å². The van der Waals surface area contributed by atoms with E-state index < -0.39 is 5.82 Å². The van der Waals surface area contributed by atoms with E-state index in [2.05, 4.69) is 27.4 Å². The largest absolute Gasteiger partial charge is 0.478 e. The molecule has 0 unspecified atom stereocenters. The minimum atomic E-state index is -0.434. The number of hydrogen-bond acceptors (Lipinski definition) is 3. The number of halogens is 1. The number of benzene rings is 2. The fourth-order valence-electron chi connectivity index (χ4n) is 2.20. The second kappa shape index (κ2) is 8.49. The molecule has 3 aromatic rings. The van der Waals surface area contributed by atoms with E-state index in [1.807, 2.05) is 30.3 Å². The maximum Gasteiger partial charge on any atom is 0.270 e. The van der Waals surface area contributed by atoms with E-state index in [1.54, 1.807) is 18.2 Å². The second-order valence-electron chi connectivity index (χ2n) is 5.29. The van der Waals surface area contributed by atoms with Gasteiger partial charge in [-0.25, -0.2) is 4.39 Å². The Labute approximate surface area is 150 Å². The molecule has 0 atom stereocenters. The number of carbonyl (C=O) groups is 1. The standard InChI is InChI=1S/C20H16FN3O2/c21-16-10-4-5-11-19(16)26-13-7-6-12-22-20(25)18-14-17(23-24-18)15-8-2-1-3-9-15/h1-5,8-11,14H,12-13H2,(H,22,25)(H,23,24). The molecule has 6 heteroatoms. The Balaban J connectivity index is 1.46. The maximum absolute atomic E-state index is 13.3. The SMILES string of the molecule is O=C(NCC#CCOc1ccccc1F)c1cc(-c2ccccc2)n[nH]1. The number of nitrogens with zero attached hydrogens (tertiary/aromatic N) is 1. The summed E-state index contributed by atoms with van der Waals surface area (Å²) in [6.45, 7) is 0.193. The van der Waals surface area contributed by atoms with E-state index in [0.29, 0.717) is 11.4 Å². The van der Waals surface area contributed by atoms with Crippen molar-refractivity contribution < 1.29 is 13.9 Å². The molecular weight excluding hydrogens is 333 g/mol. The summed E-state index contributed by atoms with van der Waals surface area (Å²) >= 11 is 0. The zero-order valence-electron chi connectivity index (χ0n) is 13.8. The van der Waals surface area contributed by atoms with Gasteiger partial charge in [0.1, 0.15) is 12.3 Å². The van der Waals surface area contributed by atoms with Crippen LogP contribution in [0.4, 0.5) is 4.39 Å². The molecule has 0 fully saturated rings. The molecule has 26 heavy (non-hydrogen) atoms. The van der Waals surface area contributed by atoms with Gasteiger partial charge >= 0.3 is 0 Å². The summed E-state index contributed by atoms with van der Waals surface area (Å²) in [6, 6.07) is 17.3. The first-order chi connectivity index (χ1) is 12.7. The van der Waals surface area contributed by atoms with Gasteiger partial charge in [0, 0.05) is 5.56 Å². The van der Waals surface area contributed by atoms with Gasteiger partial charge in [-0.1, -0.05) is 54.3 Å². The van der Waals surface area contributed by atoms with Crippen LogP contribution in [0.15, 0.2) is 60.7 Å². The second-order valence-corrected chi connectivity index (χ2v) is 5.29. The quantitative estimate of drug-likeness (QED) is 0.696. The Morgan fingerprint density at radius 1 is 1.12 bits per heavy atom. The molecule has 3 rings (SSSR count). The molecule has 0 radical (unpaired) electrons. The topological polar surface area (TPSA) is 67.0 Å². The molecule has 0 spiro atoms. The van der Waals surface area contributed by atoms with Crippen LogP contribution in [0.25, 0.3) is 11.3 Å². The van der Waals surface area contributed by atoms with Crippen molar-refractivity contribution in [3.8, 4) is 28.8 Å². The molecule has 0 aliphatic rings. The normalized spacial score (nSPS) is 9.88. The minimum Gasteiger partial charge on any atom is -0.478 e. The number of aromatic amines is 1. The Bertz CT molecular complexity index is 942. The third kappa shape index (κ3) is 4.48. The van der Waals surface area contributed by atoms with Crippen LogP contribution >= 0.6 is 0 Å². The molecule has 2 N–H and O–H groups in total. The third-order valence-corrected chi connectivity index (χ3v) is 3.49. The van der Waals surface area contributed by atoms with Gasteiger partial charge in [0.2, 0.25) is 0 Å². The van der Waals surface area contributed by atoms with Gasteiger partial charge in [-0.05, 0) is 18.2 Å². The van der Waals surface area contributed by atoms with Crippen molar-refractivity contribution in [1.82, 2.24) is 15.5 Å². The first-order valence-electron chi connectivity index (χ1n) is 7.96. The molecular formula is C20H16FN3O2. The highest BCUT2D eigenvalue weighted by atomic mass is 19.1. The molecule has 0 aliphatic heterocycles. The Hall–Kier alpha value is -3.59. The summed E-state index contributed by atoms with van der Waals surface area (Å²) in [7, 11) is 0. The van der Waals surface area contributed by atoms with Gasteiger partial charge in [0.25, 0.3) is 5.91 Å². The van der Waals surface area contributed by atoms with Crippen LogP contribution in [0.1, 0.15) is 10.5 Å². The number of hydrogen-bond donors (Lipinski definition) is 2. The van der Waals surface area contributed by atoms with Crippen molar-refractivity contribution in [2.45, 2.75) is 0 Å². The number of nitrogens with one attached hydrogen (secondary N) is 2. The van der Waals surface area contributed by atoms with Gasteiger partial charge in [-0.3, -0.25) is 9.89 Å². The fourth-order valence-corrected chi connectivity index (χ4v) is 2.20. The number of ether oxygens (including phenoxy) is 1. The predicted octanol–water partition coefficient (Wildman–Crippen LogP) is 3.03. The van der Waals surface area contributed by atoms with Crippen LogP contribution < -0.4 is 10.1 Å².